The van der Waals surface area contributed by atoms with Gasteiger partial charge in [0.2, 0.25) is 0 Å². The fourth-order valence-corrected chi connectivity index (χ4v) is 2.37. The number of aryl methyl sites for hydroxylation is 2. The smallest absolute Gasteiger partial charge is 0.252 e. The van der Waals surface area contributed by atoms with Crippen LogP contribution in [-0.2, 0) is 4.79 Å². The van der Waals surface area contributed by atoms with E-state index in [0.29, 0.717) is 5.57 Å². The third kappa shape index (κ3) is 6.48. The van der Waals surface area contributed by atoms with Gasteiger partial charge in [-0.25, -0.2) is 0 Å². The molecule has 1 amide bonds. The van der Waals surface area contributed by atoms with Gasteiger partial charge in [0.25, 0.3) is 5.91 Å². The van der Waals surface area contributed by atoms with Gasteiger partial charge in [0.1, 0.15) is 5.82 Å². The topological polar surface area (TPSA) is 81.1 Å². The second-order valence-corrected chi connectivity index (χ2v) is 5.95. The highest BCUT2D eigenvalue weighted by atomic mass is 16.1. The number of benzene rings is 2. The minimum Gasteiger partial charge on any atom is -0.385 e. The molecule has 0 saturated heterocycles. The second-order valence-electron chi connectivity index (χ2n) is 5.95. The minimum atomic E-state index is -0.535. The van der Waals surface area contributed by atoms with Gasteiger partial charge >= 0.3 is 0 Å². The number of allylic oxidation sites excluding steroid dienone is 1. The monoisotopic (exact) mass is 351 g/mol. The number of nitrogens with one attached hydrogen (secondary N) is 1. The van der Waals surface area contributed by atoms with E-state index in [1.54, 1.807) is 7.05 Å². The lowest BCUT2D eigenvalue weighted by molar-refractivity contribution is -0.114. The lowest BCUT2D eigenvalue weighted by Crippen LogP contribution is -2.26. The van der Waals surface area contributed by atoms with Crippen molar-refractivity contribution in [3.8, 4) is 0 Å². The molecule has 0 radical (unpaired) electrons. The minimum absolute atomic E-state index is 0.285. The SMILES string of the molecule is CC/C=C(/C(C(N)=O)=C(/N)NC)c1ccc(C)cc1.Cc1ccccc1. The number of nitrogens with two attached hydrogens (primary N) is 2. The molecule has 0 aromatic heterocycles. The molecule has 0 aliphatic heterocycles. The van der Waals surface area contributed by atoms with Gasteiger partial charge in [-0.15, -0.1) is 0 Å². The first-order valence-corrected chi connectivity index (χ1v) is 8.67. The van der Waals surface area contributed by atoms with E-state index in [4.69, 9.17) is 11.5 Å². The number of carbonyl (C=O) groups is 1. The van der Waals surface area contributed by atoms with E-state index in [1.165, 1.54) is 5.56 Å². The lowest BCUT2D eigenvalue weighted by Gasteiger charge is -2.13. The quantitative estimate of drug-likeness (QED) is 0.568. The first-order valence-electron chi connectivity index (χ1n) is 8.67. The first-order chi connectivity index (χ1) is 12.4. The van der Waals surface area contributed by atoms with Gasteiger partial charge in [-0.05, 0) is 31.4 Å². The van der Waals surface area contributed by atoms with Crippen LogP contribution in [0, 0.1) is 13.8 Å². The summed E-state index contributed by atoms with van der Waals surface area (Å²) < 4.78 is 0. The Labute approximate surface area is 156 Å². The van der Waals surface area contributed by atoms with Crippen LogP contribution in [0.3, 0.4) is 0 Å². The molecule has 4 heteroatoms. The summed E-state index contributed by atoms with van der Waals surface area (Å²) in [6, 6.07) is 18.2. The average Bonchev–Trinajstić information content (AvgIpc) is 2.62. The average molecular weight is 351 g/mol. The van der Waals surface area contributed by atoms with Crippen LogP contribution >= 0.6 is 0 Å². The molecular weight excluding hydrogens is 322 g/mol. The zero-order chi connectivity index (χ0) is 19.5. The van der Waals surface area contributed by atoms with Crippen molar-refractivity contribution in [1.82, 2.24) is 5.32 Å². The Morgan fingerprint density at radius 2 is 1.50 bits per heavy atom. The fourth-order valence-electron chi connectivity index (χ4n) is 2.37. The zero-order valence-corrected chi connectivity index (χ0v) is 16.0. The molecule has 26 heavy (non-hydrogen) atoms. The summed E-state index contributed by atoms with van der Waals surface area (Å²) in [4.78, 5) is 11.7. The number of primary amides is 1. The number of amides is 1. The maximum Gasteiger partial charge on any atom is 0.252 e. The summed E-state index contributed by atoms with van der Waals surface area (Å²) in [5, 5.41) is 2.78. The molecule has 4 nitrogen and oxygen atoms in total. The Hall–Kier alpha value is -3.01. The van der Waals surface area contributed by atoms with Gasteiger partial charge in [-0.2, -0.15) is 0 Å². The van der Waals surface area contributed by atoms with Gasteiger partial charge in [-0.3, -0.25) is 4.79 Å². The van der Waals surface area contributed by atoms with Crippen molar-refractivity contribution >= 4 is 11.5 Å². The summed E-state index contributed by atoms with van der Waals surface area (Å²) in [6.45, 7) is 6.10. The lowest BCUT2D eigenvalue weighted by atomic mass is 9.95. The van der Waals surface area contributed by atoms with E-state index in [-0.39, 0.29) is 5.82 Å². The molecule has 2 aromatic rings. The molecule has 2 aromatic carbocycles. The molecule has 2 rings (SSSR count). The Bertz CT molecular complexity index is 760. The predicted molar refractivity (Wildman–Crippen MR) is 110 cm³/mol. The molecule has 0 heterocycles. The maximum atomic E-state index is 11.7. The van der Waals surface area contributed by atoms with Gasteiger partial charge in [0.15, 0.2) is 0 Å². The molecule has 0 aliphatic rings. The molecule has 0 bridgehead atoms. The fraction of sp³-hybridized carbons (Fsp3) is 0.227. The van der Waals surface area contributed by atoms with Gasteiger partial charge in [0.05, 0.1) is 5.57 Å². The summed E-state index contributed by atoms with van der Waals surface area (Å²) in [5.41, 5.74) is 15.8. The van der Waals surface area contributed by atoms with Gasteiger partial charge in [-0.1, -0.05) is 78.7 Å². The Morgan fingerprint density at radius 3 is 1.88 bits per heavy atom. The molecular formula is C22H29N3O. The van der Waals surface area contributed by atoms with Crippen LogP contribution in [0.25, 0.3) is 5.57 Å². The normalized spacial score (nSPS) is 11.8. The van der Waals surface area contributed by atoms with E-state index in [2.05, 4.69) is 24.4 Å². The van der Waals surface area contributed by atoms with Crippen LogP contribution in [0.1, 0.15) is 30.0 Å². The van der Waals surface area contributed by atoms with Gasteiger partial charge in [0, 0.05) is 7.05 Å². The van der Waals surface area contributed by atoms with E-state index in [1.807, 2.05) is 62.4 Å². The molecule has 0 unspecified atom stereocenters. The van der Waals surface area contributed by atoms with Crippen LogP contribution in [0.15, 0.2) is 72.1 Å². The Morgan fingerprint density at radius 1 is 0.962 bits per heavy atom. The summed E-state index contributed by atoms with van der Waals surface area (Å²) >= 11 is 0. The van der Waals surface area contributed by atoms with Crippen molar-refractivity contribution in [1.29, 1.82) is 0 Å². The van der Waals surface area contributed by atoms with Crippen molar-refractivity contribution in [3.05, 3.63) is 88.8 Å². The standard InChI is InChI=1S/C15H21N3O.C7H8/c1-4-5-12(11-8-6-10(2)7-9-11)13(15(17)19)14(16)18-3;1-7-5-3-2-4-6-7/h5-9,18H,4,16H2,1-3H3,(H2,17,19);2-6H,1H3/b12-5+,14-13+;. The Balaban J connectivity index is 0.000000401. The molecule has 0 fully saturated rings. The van der Waals surface area contributed by atoms with Crippen LogP contribution in [0.4, 0.5) is 0 Å². The molecule has 0 aliphatic carbocycles. The number of hydrogen-bond donors (Lipinski definition) is 3. The Kier molecular flexibility index (Phi) is 8.71. The van der Waals surface area contributed by atoms with Gasteiger partial charge < -0.3 is 16.8 Å². The molecule has 0 saturated carbocycles. The number of rotatable bonds is 5. The van der Waals surface area contributed by atoms with E-state index in [0.717, 1.165) is 23.1 Å². The first kappa shape index (κ1) is 21.0. The predicted octanol–water partition coefficient (Wildman–Crippen LogP) is 3.66. The van der Waals surface area contributed by atoms with Crippen LogP contribution in [-0.4, -0.2) is 13.0 Å². The molecule has 0 spiro atoms. The van der Waals surface area contributed by atoms with Crippen molar-refractivity contribution in [2.45, 2.75) is 27.2 Å². The van der Waals surface area contributed by atoms with Crippen molar-refractivity contribution in [2.75, 3.05) is 7.05 Å². The zero-order valence-electron chi connectivity index (χ0n) is 16.0. The molecule has 0 atom stereocenters. The number of carbonyl (C=O) groups excluding carboxylic acids is 1. The molecule has 138 valence electrons. The summed E-state index contributed by atoms with van der Waals surface area (Å²) in [6.07, 6.45) is 2.74. The highest BCUT2D eigenvalue weighted by molar-refractivity contribution is 6.08. The van der Waals surface area contributed by atoms with E-state index < -0.39 is 5.91 Å². The number of hydrogen-bond acceptors (Lipinski definition) is 3. The highest BCUT2D eigenvalue weighted by Crippen LogP contribution is 2.24. The third-order valence-electron chi connectivity index (χ3n) is 3.77. The summed E-state index contributed by atoms with van der Waals surface area (Å²) in [5.74, 6) is -0.250. The van der Waals surface area contributed by atoms with Crippen molar-refractivity contribution < 1.29 is 4.79 Å². The van der Waals surface area contributed by atoms with Crippen molar-refractivity contribution in [3.63, 3.8) is 0 Å². The maximum absolute atomic E-state index is 11.7. The highest BCUT2D eigenvalue weighted by Gasteiger charge is 2.16. The molecule has 5 N–H and O–H groups in total. The van der Waals surface area contributed by atoms with Crippen LogP contribution in [0.2, 0.25) is 0 Å². The van der Waals surface area contributed by atoms with E-state index >= 15 is 0 Å². The third-order valence-corrected chi connectivity index (χ3v) is 3.77. The summed E-state index contributed by atoms with van der Waals surface area (Å²) in [7, 11) is 1.66. The van der Waals surface area contributed by atoms with Crippen molar-refractivity contribution in [2.24, 2.45) is 11.5 Å². The largest absolute Gasteiger partial charge is 0.385 e. The van der Waals surface area contributed by atoms with Crippen LogP contribution in [0.5, 0.6) is 0 Å². The second kappa shape index (κ2) is 10.8. The van der Waals surface area contributed by atoms with Crippen LogP contribution < -0.4 is 16.8 Å². The van der Waals surface area contributed by atoms with E-state index in [9.17, 15) is 4.79 Å².